The quantitative estimate of drug-likeness (QED) is 0.256. The highest BCUT2D eigenvalue weighted by molar-refractivity contribution is 6.13. The molecule has 0 saturated carbocycles. The average Bonchev–Trinajstić information content (AvgIpc) is 3.45. The summed E-state index contributed by atoms with van der Waals surface area (Å²) >= 11 is 0. The summed E-state index contributed by atoms with van der Waals surface area (Å²) < 4.78 is 43.5. The van der Waals surface area contributed by atoms with Crippen LogP contribution in [0.3, 0.4) is 0 Å². The third-order valence-electron chi connectivity index (χ3n) is 7.60. The molecule has 4 aromatic rings. The molecule has 0 aliphatic carbocycles. The van der Waals surface area contributed by atoms with Crippen molar-refractivity contribution in [2.24, 2.45) is 0 Å². The van der Waals surface area contributed by atoms with Gasteiger partial charge in [0.05, 0.1) is 37.1 Å². The average molecular weight is 658 g/mol. The van der Waals surface area contributed by atoms with Gasteiger partial charge in [-0.15, -0.1) is 0 Å². The molecule has 3 heterocycles. The number of hydrogen-bond acceptors (Lipinski definition) is 8. The number of methoxy groups -OCH3 is 1. The van der Waals surface area contributed by atoms with Crippen LogP contribution in [0.25, 0.3) is 0 Å². The van der Waals surface area contributed by atoms with Crippen LogP contribution >= 0.6 is 0 Å². The van der Waals surface area contributed by atoms with Gasteiger partial charge in [-0.25, -0.2) is 9.78 Å². The number of carbonyl (C=O) groups is 3. The molecule has 2 aromatic carbocycles. The summed E-state index contributed by atoms with van der Waals surface area (Å²) in [6.45, 7) is 7.16. The maximum atomic E-state index is 15.8. The third-order valence-corrected chi connectivity index (χ3v) is 7.60. The summed E-state index contributed by atoms with van der Waals surface area (Å²) in [5.41, 5.74) is -0.522. The van der Waals surface area contributed by atoms with Crippen molar-refractivity contribution in [1.29, 1.82) is 5.26 Å². The van der Waals surface area contributed by atoms with E-state index in [9.17, 15) is 19.6 Å². The fourth-order valence-corrected chi connectivity index (χ4v) is 5.21. The number of halogens is 2. The Morgan fingerprint density at radius 2 is 1.79 bits per heavy atom. The van der Waals surface area contributed by atoms with E-state index in [4.69, 9.17) is 9.47 Å². The minimum absolute atomic E-state index is 0.0113. The Labute approximate surface area is 275 Å². The van der Waals surface area contributed by atoms with Crippen LogP contribution in [0.15, 0.2) is 67.0 Å². The van der Waals surface area contributed by atoms with E-state index >= 15 is 8.78 Å². The highest BCUT2D eigenvalue weighted by Gasteiger charge is 2.37. The lowest BCUT2D eigenvalue weighted by molar-refractivity contribution is 0.0425. The van der Waals surface area contributed by atoms with Gasteiger partial charge in [0.1, 0.15) is 28.9 Å². The monoisotopic (exact) mass is 657 g/mol. The molecule has 1 N–H and O–H groups in total. The number of pyridine rings is 1. The van der Waals surface area contributed by atoms with E-state index in [-0.39, 0.29) is 46.0 Å². The van der Waals surface area contributed by atoms with Gasteiger partial charge in [0.25, 0.3) is 17.7 Å². The van der Waals surface area contributed by atoms with Gasteiger partial charge in [-0.1, -0.05) is 12.1 Å². The molecule has 0 spiro atoms. The number of amides is 3. The van der Waals surface area contributed by atoms with Gasteiger partial charge >= 0.3 is 6.09 Å². The Morgan fingerprint density at radius 1 is 1.08 bits per heavy atom. The molecule has 0 bridgehead atoms. The van der Waals surface area contributed by atoms with E-state index < -0.39 is 35.5 Å². The minimum atomic E-state index is -3.47. The number of alkyl halides is 2. The predicted molar refractivity (Wildman–Crippen MR) is 172 cm³/mol. The maximum absolute atomic E-state index is 15.8. The predicted octanol–water partition coefficient (Wildman–Crippen LogP) is 5.97. The smallest absolute Gasteiger partial charge is 0.415 e. The van der Waals surface area contributed by atoms with Gasteiger partial charge in [0.15, 0.2) is 0 Å². The van der Waals surface area contributed by atoms with Crippen LogP contribution in [0.5, 0.6) is 5.75 Å². The van der Waals surface area contributed by atoms with Crippen molar-refractivity contribution in [3.63, 3.8) is 0 Å². The van der Waals surface area contributed by atoms with Crippen molar-refractivity contribution in [2.75, 3.05) is 29.3 Å². The Bertz CT molecular complexity index is 1930. The summed E-state index contributed by atoms with van der Waals surface area (Å²) in [4.78, 5) is 45.9. The molecule has 0 unspecified atom stereocenters. The van der Waals surface area contributed by atoms with Crippen LogP contribution in [-0.4, -0.2) is 58.5 Å². The SMILES string of the molecule is COc1ccc(C(=O)Nc2cnn3c2C(=O)N(c2ccc(C(F)(F)c4ccnc(N(C)C(=O)OC(C)(C)C)c4)cc2)[C@@H](C)C3)cc1C#N. The number of ether oxygens (including phenoxy) is 2. The molecule has 3 amide bonds. The Kier molecular flexibility index (Phi) is 8.90. The van der Waals surface area contributed by atoms with Gasteiger partial charge in [-0.3, -0.25) is 19.2 Å². The first-order valence-corrected chi connectivity index (χ1v) is 14.8. The number of anilines is 3. The number of aromatic nitrogens is 3. The lowest BCUT2D eigenvalue weighted by Crippen LogP contribution is -2.47. The number of rotatable bonds is 7. The van der Waals surface area contributed by atoms with E-state index in [1.165, 1.54) is 84.7 Å². The second kappa shape index (κ2) is 12.7. The lowest BCUT2D eigenvalue weighted by Gasteiger charge is -2.34. The van der Waals surface area contributed by atoms with Gasteiger partial charge in [0.2, 0.25) is 0 Å². The molecular weight excluding hydrogens is 624 g/mol. The molecule has 48 heavy (non-hydrogen) atoms. The zero-order valence-corrected chi connectivity index (χ0v) is 27.1. The largest absolute Gasteiger partial charge is 0.495 e. The highest BCUT2D eigenvalue weighted by Crippen LogP contribution is 2.38. The van der Waals surface area contributed by atoms with Gasteiger partial charge in [-0.2, -0.15) is 19.1 Å². The Balaban J connectivity index is 1.36. The third kappa shape index (κ3) is 6.52. The number of nitriles is 1. The number of nitrogens with zero attached hydrogens (tertiary/aromatic N) is 6. The first-order chi connectivity index (χ1) is 22.6. The van der Waals surface area contributed by atoms with E-state index in [1.54, 1.807) is 27.7 Å². The van der Waals surface area contributed by atoms with E-state index in [0.29, 0.717) is 11.4 Å². The highest BCUT2D eigenvalue weighted by atomic mass is 19.3. The number of nitrogens with one attached hydrogen (secondary N) is 1. The van der Waals surface area contributed by atoms with Crippen LogP contribution in [0, 0.1) is 11.3 Å². The lowest BCUT2D eigenvalue weighted by atomic mass is 10.00. The summed E-state index contributed by atoms with van der Waals surface area (Å²) in [5, 5.41) is 16.3. The molecule has 248 valence electrons. The van der Waals surface area contributed by atoms with Crippen molar-refractivity contribution < 1.29 is 32.6 Å². The molecule has 5 rings (SSSR count). The molecule has 0 radical (unpaired) electrons. The molecular formula is C34H33F2N7O5. The van der Waals surface area contributed by atoms with Crippen molar-refractivity contribution >= 4 is 35.1 Å². The van der Waals surface area contributed by atoms with Crippen LogP contribution in [0.4, 0.5) is 30.8 Å². The zero-order chi connectivity index (χ0) is 35.0. The number of carbonyl (C=O) groups excluding carboxylic acids is 3. The van der Waals surface area contributed by atoms with Crippen LogP contribution < -0.4 is 19.9 Å². The van der Waals surface area contributed by atoms with Crippen LogP contribution in [0.1, 0.15) is 65.2 Å². The molecule has 1 aliphatic heterocycles. The van der Waals surface area contributed by atoms with Crippen molar-refractivity contribution in [1.82, 2.24) is 14.8 Å². The molecule has 0 fully saturated rings. The summed E-state index contributed by atoms with van der Waals surface area (Å²) in [5.74, 6) is -4.21. The Hall–Kier alpha value is -5.84. The second-order valence-corrected chi connectivity index (χ2v) is 12.2. The Morgan fingerprint density at radius 3 is 2.44 bits per heavy atom. The summed E-state index contributed by atoms with van der Waals surface area (Å²) in [7, 11) is 2.80. The van der Waals surface area contributed by atoms with E-state index in [1.807, 2.05) is 6.07 Å². The van der Waals surface area contributed by atoms with Crippen molar-refractivity contribution in [2.45, 2.75) is 51.8 Å². The van der Waals surface area contributed by atoms with Crippen LogP contribution in [-0.2, 0) is 17.2 Å². The number of fused-ring (bicyclic) bond motifs is 1. The van der Waals surface area contributed by atoms with Crippen LogP contribution in [0.2, 0.25) is 0 Å². The molecule has 12 nitrogen and oxygen atoms in total. The fourth-order valence-electron chi connectivity index (χ4n) is 5.21. The number of hydrogen-bond donors (Lipinski definition) is 1. The topological polar surface area (TPSA) is 143 Å². The molecule has 1 atom stereocenters. The minimum Gasteiger partial charge on any atom is -0.495 e. The molecule has 1 aliphatic rings. The summed E-state index contributed by atoms with van der Waals surface area (Å²) in [6.07, 6.45) is 1.82. The van der Waals surface area contributed by atoms with E-state index in [0.717, 1.165) is 11.0 Å². The van der Waals surface area contributed by atoms with Crippen molar-refractivity contribution in [3.8, 4) is 11.8 Å². The zero-order valence-electron chi connectivity index (χ0n) is 27.1. The normalized spacial score (nSPS) is 14.5. The standard InChI is InChI=1S/C34H33F2N7O5/c1-20-19-42-29(26(18-39-42)40-30(44)21-7-12-27(47-6)22(15-21)17-37)31(45)43(20)25-10-8-23(9-11-25)34(35,36)24-13-14-38-28(16-24)41(5)32(46)48-33(2,3)4/h7-16,18,20H,19H2,1-6H3,(H,40,44)/t20-/m0/s1. The maximum Gasteiger partial charge on any atom is 0.415 e. The molecule has 14 heteroatoms. The van der Waals surface area contributed by atoms with Gasteiger partial charge in [-0.05, 0) is 70.2 Å². The first kappa shape index (κ1) is 33.5. The fraction of sp³-hybridized carbons (Fsp3) is 0.294. The first-order valence-electron chi connectivity index (χ1n) is 14.8. The van der Waals surface area contributed by atoms with Crippen molar-refractivity contribution in [3.05, 3.63) is 94.9 Å². The summed E-state index contributed by atoms with van der Waals surface area (Å²) in [6, 6.07) is 13.6. The molecule has 2 aromatic heterocycles. The second-order valence-electron chi connectivity index (χ2n) is 12.2. The van der Waals surface area contributed by atoms with Gasteiger partial charge in [0, 0.05) is 35.6 Å². The molecule has 0 saturated heterocycles. The number of benzene rings is 2. The van der Waals surface area contributed by atoms with Gasteiger partial charge < -0.3 is 19.7 Å². The van der Waals surface area contributed by atoms with E-state index in [2.05, 4.69) is 15.4 Å².